The number of sulfonamides is 1. The molecule has 11 heteroatoms. The monoisotopic (exact) mass is 501 g/mol. The third-order valence-corrected chi connectivity index (χ3v) is 8.02. The molecule has 0 unspecified atom stereocenters. The van der Waals surface area contributed by atoms with Crippen LogP contribution in [-0.2, 0) is 27.8 Å². The summed E-state index contributed by atoms with van der Waals surface area (Å²) in [5.74, 6) is -0.407. The van der Waals surface area contributed by atoms with E-state index >= 15 is 0 Å². The first-order chi connectivity index (χ1) is 16.7. The topological polar surface area (TPSA) is 122 Å². The van der Waals surface area contributed by atoms with Crippen molar-refractivity contribution >= 4 is 27.7 Å². The number of nitrogens with one attached hydrogen (secondary N) is 1. The van der Waals surface area contributed by atoms with Gasteiger partial charge in [0.1, 0.15) is 0 Å². The largest absolute Gasteiger partial charge is 0.493 e. The number of fused-ring (bicyclic) bond motifs is 2. The lowest BCUT2D eigenvalue weighted by atomic mass is 10.0. The lowest BCUT2D eigenvalue weighted by molar-refractivity contribution is -0.121. The van der Waals surface area contributed by atoms with Crippen molar-refractivity contribution in [2.45, 2.75) is 19.4 Å². The SMILES string of the molecule is COc1cc2c(cc1OC)CN(S(=O)(=O)CCNC(=O)CCN1C(=O)c3ccccc3C1=O)CC2. The standard InChI is InChI=1S/C24H27N3O7S/c1-33-20-13-16-7-10-26(15-17(16)14-21(20)34-2)35(31,32)12-9-25-22(28)8-11-27-23(29)18-5-3-4-6-19(18)24(27)30/h3-6,13-14H,7-12,15H2,1-2H3,(H,25,28). The maximum atomic E-state index is 12.9. The lowest BCUT2D eigenvalue weighted by Crippen LogP contribution is -2.41. The van der Waals surface area contributed by atoms with Crippen LogP contribution in [0.2, 0.25) is 0 Å². The van der Waals surface area contributed by atoms with Crippen molar-refractivity contribution in [3.05, 3.63) is 58.7 Å². The number of nitrogens with zero attached hydrogens (tertiary/aromatic N) is 2. The van der Waals surface area contributed by atoms with E-state index in [1.807, 2.05) is 6.07 Å². The Morgan fingerprint density at radius 2 is 1.60 bits per heavy atom. The number of methoxy groups -OCH3 is 2. The van der Waals surface area contributed by atoms with Crippen LogP contribution >= 0.6 is 0 Å². The number of ether oxygens (including phenoxy) is 2. The zero-order valence-corrected chi connectivity index (χ0v) is 20.4. The maximum absolute atomic E-state index is 12.9. The summed E-state index contributed by atoms with van der Waals surface area (Å²) in [5.41, 5.74) is 2.50. The minimum absolute atomic E-state index is 0.0703. The molecule has 35 heavy (non-hydrogen) atoms. The van der Waals surface area contributed by atoms with Gasteiger partial charge in [-0.15, -0.1) is 0 Å². The van der Waals surface area contributed by atoms with E-state index in [1.54, 1.807) is 37.4 Å². The van der Waals surface area contributed by atoms with E-state index in [1.165, 1.54) is 11.4 Å². The fourth-order valence-corrected chi connectivity index (χ4v) is 5.61. The summed E-state index contributed by atoms with van der Waals surface area (Å²) in [5, 5.41) is 2.57. The van der Waals surface area contributed by atoms with Crippen molar-refractivity contribution in [2.24, 2.45) is 0 Å². The first-order valence-electron chi connectivity index (χ1n) is 11.2. The average Bonchev–Trinajstić information content (AvgIpc) is 3.10. The van der Waals surface area contributed by atoms with Gasteiger partial charge < -0.3 is 14.8 Å². The molecule has 0 bridgehead atoms. The molecule has 10 nitrogen and oxygen atoms in total. The second kappa shape index (κ2) is 10.0. The third-order valence-electron chi connectivity index (χ3n) is 6.20. The van der Waals surface area contributed by atoms with E-state index < -0.39 is 27.7 Å². The van der Waals surface area contributed by atoms with Crippen LogP contribution in [-0.4, -0.2) is 75.0 Å². The molecule has 2 aromatic carbocycles. The molecule has 1 N–H and O–H groups in total. The van der Waals surface area contributed by atoms with Crippen LogP contribution in [0.4, 0.5) is 0 Å². The number of rotatable bonds is 9. The summed E-state index contributed by atoms with van der Waals surface area (Å²) in [7, 11) is -0.534. The van der Waals surface area contributed by atoms with Crippen LogP contribution in [0.1, 0.15) is 38.3 Å². The van der Waals surface area contributed by atoms with Gasteiger partial charge in [-0.1, -0.05) is 12.1 Å². The predicted octanol–water partition coefficient (Wildman–Crippen LogP) is 1.19. The van der Waals surface area contributed by atoms with Crippen LogP contribution in [0.5, 0.6) is 11.5 Å². The molecule has 3 amide bonds. The highest BCUT2D eigenvalue weighted by Crippen LogP contribution is 2.33. The molecule has 2 heterocycles. The van der Waals surface area contributed by atoms with E-state index in [4.69, 9.17) is 9.47 Å². The van der Waals surface area contributed by atoms with Gasteiger partial charge in [-0.25, -0.2) is 8.42 Å². The first kappa shape index (κ1) is 24.7. The molecule has 0 aliphatic carbocycles. The molecule has 0 saturated heterocycles. The summed E-state index contributed by atoms with van der Waals surface area (Å²) in [4.78, 5) is 38.0. The Morgan fingerprint density at radius 1 is 1.00 bits per heavy atom. The second-order valence-corrected chi connectivity index (χ2v) is 10.4. The highest BCUT2D eigenvalue weighted by atomic mass is 32.2. The Morgan fingerprint density at radius 3 is 2.20 bits per heavy atom. The van der Waals surface area contributed by atoms with Gasteiger partial charge in [0, 0.05) is 32.6 Å². The number of hydrogen-bond donors (Lipinski definition) is 1. The quantitative estimate of drug-likeness (QED) is 0.512. The zero-order valence-electron chi connectivity index (χ0n) is 19.6. The molecular formula is C24H27N3O7S. The summed E-state index contributed by atoms with van der Waals surface area (Å²) in [6, 6.07) is 10.2. The van der Waals surface area contributed by atoms with E-state index in [0.717, 1.165) is 16.0 Å². The fraction of sp³-hybridized carbons (Fsp3) is 0.375. The van der Waals surface area contributed by atoms with Gasteiger partial charge >= 0.3 is 0 Å². The van der Waals surface area contributed by atoms with E-state index in [2.05, 4.69) is 5.32 Å². The Bertz CT molecular complexity index is 1240. The molecule has 2 aromatic rings. The van der Waals surface area contributed by atoms with Gasteiger partial charge in [-0.05, 0) is 41.8 Å². The lowest BCUT2D eigenvalue weighted by Gasteiger charge is -2.29. The number of carbonyl (C=O) groups is 3. The van der Waals surface area contributed by atoms with Gasteiger partial charge in [0.25, 0.3) is 11.8 Å². The number of amides is 3. The molecule has 2 aliphatic heterocycles. The van der Waals surface area contributed by atoms with E-state index in [-0.39, 0.29) is 31.8 Å². The van der Waals surface area contributed by atoms with Crippen molar-refractivity contribution in [1.82, 2.24) is 14.5 Å². The number of imide groups is 1. The normalized spacial score (nSPS) is 15.5. The molecule has 0 fully saturated rings. The van der Waals surface area contributed by atoms with Gasteiger partial charge in [-0.3, -0.25) is 19.3 Å². The summed E-state index contributed by atoms with van der Waals surface area (Å²) >= 11 is 0. The molecule has 186 valence electrons. The van der Waals surface area contributed by atoms with Crippen molar-refractivity contribution < 1.29 is 32.3 Å². The molecule has 4 rings (SSSR count). The minimum atomic E-state index is -3.61. The zero-order chi connectivity index (χ0) is 25.2. The van der Waals surface area contributed by atoms with Crippen molar-refractivity contribution in [1.29, 1.82) is 0 Å². The molecule has 0 aromatic heterocycles. The molecule has 0 saturated carbocycles. The molecular weight excluding hydrogens is 474 g/mol. The molecule has 2 aliphatic rings. The summed E-state index contributed by atoms with van der Waals surface area (Å²) in [6.45, 7) is 0.405. The average molecular weight is 502 g/mol. The van der Waals surface area contributed by atoms with Gasteiger partial charge in [0.2, 0.25) is 15.9 Å². The predicted molar refractivity (Wildman–Crippen MR) is 127 cm³/mol. The number of hydrogen-bond acceptors (Lipinski definition) is 7. The van der Waals surface area contributed by atoms with E-state index in [9.17, 15) is 22.8 Å². The van der Waals surface area contributed by atoms with Gasteiger partial charge in [-0.2, -0.15) is 4.31 Å². The Balaban J connectivity index is 1.27. The number of benzene rings is 2. The van der Waals surface area contributed by atoms with Crippen LogP contribution in [0.25, 0.3) is 0 Å². The highest BCUT2D eigenvalue weighted by Gasteiger charge is 2.35. The van der Waals surface area contributed by atoms with Gasteiger partial charge in [0.15, 0.2) is 11.5 Å². The first-order valence-corrected chi connectivity index (χ1v) is 12.8. The van der Waals surface area contributed by atoms with Crippen LogP contribution in [0.15, 0.2) is 36.4 Å². The van der Waals surface area contributed by atoms with Crippen LogP contribution in [0.3, 0.4) is 0 Å². The maximum Gasteiger partial charge on any atom is 0.261 e. The smallest absolute Gasteiger partial charge is 0.261 e. The molecule has 0 radical (unpaired) electrons. The number of carbonyl (C=O) groups excluding carboxylic acids is 3. The highest BCUT2D eigenvalue weighted by molar-refractivity contribution is 7.89. The molecule has 0 atom stereocenters. The van der Waals surface area contributed by atoms with Crippen molar-refractivity contribution in [3.8, 4) is 11.5 Å². The van der Waals surface area contributed by atoms with Gasteiger partial charge in [0.05, 0.1) is 31.1 Å². The summed E-state index contributed by atoms with van der Waals surface area (Å²) < 4.78 is 37.7. The molecule has 0 spiro atoms. The van der Waals surface area contributed by atoms with Crippen molar-refractivity contribution in [2.75, 3.05) is 39.6 Å². The van der Waals surface area contributed by atoms with Crippen molar-refractivity contribution in [3.63, 3.8) is 0 Å². The van der Waals surface area contributed by atoms with Crippen LogP contribution < -0.4 is 14.8 Å². The van der Waals surface area contributed by atoms with Crippen LogP contribution in [0, 0.1) is 0 Å². The Labute approximate surface area is 203 Å². The summed E-state index contributed by atoms with van der Waals surface area (Å²) in [6.07, 6.45) is 0.436. The third kappa shape index (κ3) is 5.01. The van der Waals surface area contributed by atoms with E-state index in [0.29, 0.717) is 35.6 Å². The minimum Gasteiger partial charge on any atom is -0.493 e. The second-order valence-electron chi connectivity index (χ2n) is 8.28. The Hall–Kier alpha value is -3.44. The Kier molecular flexibility index (Phi) is 7.08. The fourth-order valence-electron chi connectivity index (χ4n) is 4.29.